The number of nitrogens with zero attached hydrogens (tertiary/aromatic N) is 2. The van der Waals surface area contributed by atoms with Crippen LogP contribution in [0.5, 0.6) is 0 Å². The number of hydrogen-bond acceptors (Lipinski definition) is 2. The Labute approximate surface area is 129 Å². The lowest BCUT2D eigenvalue weighted by Gasteiger charge is -2.33. The van der Waals surface area contributed by atoms with E-state index in [1.165, 1.54) is 6.07 Å². The molecule has 0 atom stereocenters. The Morgan fingerprint density at radius 3 is 2.41 bits per heavy atom. The monoisotopic (exact) mass is 302 g/mol. The molecule has 0 aliphatic rings. The highest BCUT2D eigenvalue weighted by Gasteiger charge is 2.28. The molecule has 4 nitrogen and oxygen atoms in total. The van der Waals surface area contributed by atoms with E-state index >= 15 is 0 Å². The van der Waals surface area contributed by atoms with E-state index in [1.807, 2.05) is 0 Å². The molecule has 0 aliphatic heterocycles. The van der Waals surface area contributed by atoms with Crippen LogP contribution in [0, 0.1) is 12.7 Å². The third kappa shape index (κ3) is 3.08. The van der Waals surface area contributed by atoms with Crippen molar-refractivity contribution in [2.45, 2.75) is 33.2 Å². The van der Waals surface area contributed by atoms with Crippen LogP contribution < -0.4 is 4.90 Å². The molecule has 1 N–H and O–H groups in total. The molecule has 0 radical (unpaired) electrons. The van der Waals surface area contributed by atoms with Crippen molar-refractivity contribution in [1.29, 1.82) is 0 Å². The number of aryl methyl sites for hydroxylation is 1. The van der Waals surface area contributed by atoms with Gasteiger partial charge in [-0.05, 0) is 52.0 Å². The Bertz CT molecular complexity index is 708. The molecule has 22 heavy (non-hydrogen) atoms. The lowest BCUT2D eigenvalue weighted by Crippen LogP contribution is -2.45. The van der Waals surface area contributed by atoms with E-state index in [0.717, 1.165) is 10.6 Å². The van der Waals surface area contributed by atoms with Gasteiger partial charge in [0.25, 0.3) is 0 Å². The Morgan fingerprint density at radius 1 is 1.23 bits per heavy atom. The quantitative estimate of drug-likeness (QED) is 0.890. The minimum atomic E-state index is -1.11. The largest absolute Gasteiger partial charge is 0.465 e. The summed E-state index contributed by atoms with van der Waals surface area (Å²) < 4.78 is 14.5. The van der Waals surface area contributed by atoms with Gasteiger partial charge in [-0.3, -0.25) is 9.88 Å². The summed E-state index contributed by atoms with van der Waals surface area (Å²) in [5.41, 5.74) is 1.48. The van der Waals surface area contributed by atoms with E-state index in [1.54, 1.807) is 58.2 Å². The molecule has 5 heteroatoms. The minimum absolute atomic E-state index is 0.308. The van der Waals surface area contributed by atoms with Crippen LogP contribution in [0.1, 0.15) is 26.5 Å². The molecule has 0 fully saturated rings. The van der Waals surface area contributed by atoms with Crippen LogP contribution in [0.3, 0.4) is 0 Å². The average molecular weight is 302 g/mol. The highest BCUT2D eigenvalue weighted by atomic mass is 19.1. The summed E-state index contributed by atoms with van der Waals surface area (Å²) in [6.45, 7) is 7.09. The first-order chi connectivity index (χ1) is 10.2. The molecule has 1 aromatic carbocycles. The Hall–Kier alpha value is -2.43. The van der Waals surface area contributed by atoms with Crippen molar-refractivity contribution < 1.29 is 14.3 Å². The maximum absolute atomic E-state index is 14.5. The molecule has 0 saturated carbocycles. The maximum atomic E-state index is 14.5. The number of pyridine rings is 1. The molecular weight excluding hydrogens is 283 g/mol. The molecule has 116 valence electrons. The van der Waals surface area contributed by atoms with Crippen molar-refractivity contribution in [2.24, 2.45) is 0 Å². The molecular formula is C17H19FN2O2. The third-order valence-electron chi connectivity index (χ3n) is 3.37. The topological polar surface area (TPSA) is 53.4 Å². The lowest BCUT2D eigenvalue weighted by atomic mass is 10.0. The van der Waals surface area contributed by atoms with Crippen molar-refractivity contribution in [2.75, 3.05) is 4.90 Å². The maximum Gasteiger partial charge on any atom is 0.412 e. The highest BCUT2D eigenvalue weighted by Crippen LogP contribution is 2.31. The van der Waals surface area contributed by atoms with E-state index in [9.17, 15) is 14.3 Å². The number of carboxylic acid groups (broad SMARTS) is 1. The van der Waals surface area contributed by atoms with Crippen LogP contribution in [0.4, 0.5) is 14.9 Å². The van der Waals surface area contributed by atoms with Gasteiger partial charge in [0, 0.05) is 28.6 Å². The fourth-order valence-corrected chi connectivity index (χ4v) is 2.42. The molecule has 0 aliphatic carbocycles. The van der Waals surface area contributed by atoms with Crippen molar-refractivity contribution in [3.63, 3.8) is 0 Å². The summed E-state index contributed by atoms with van der Waals surface area (Å²) in [5, 5.41) is 9.38. The van der Waals surface area contributed by atoms with Crippen LogP contribution in [-0.4, -0.2) is 21.7 Å². The molecule has 2 rings (SSSR count). The second-order valence-electron chi connectivity index (χ2n) is 6.09. The van der Waals surface area contributed by atoms with Crippen molar-refractivity contribution >= 4 is 11.8 Å². The van der Waals surface area contributed by atoms with Crippen LogP contribution in [0.25, 0.3) is 11.1 Å². The molecule has 0 unspecified atom stereocenters. The first-order valence-corrected chi connectivity index (χ1v) is 6.96. The Kier molecular flexibility index (Phi) is 4.17. The molecule has 1 heterocycles. The summed E-state index contributed by atoms with van der Waals surface area (Å²) >= 11 is 0. The normalized spacial score (nSPS) is 11.3. The molecule has 0 spiro atoms. The van der Waals surface area contributed by atoms with Gasteiger partial charge < -0.3 is 5.11 Å². The zero-order valence-corrected chi connectivity index (χ0v) is 13.1. The minimum Gasteiger partial charge on any atom is -0.465 e. The number of halogens is 1. The highest BCUT2D eigenvalue weighted by molar-refractivity contribution is 5.88. The average Bonchev–Trinajstić information content (AvgIpc) is 2.38. The van der Waals surface area contributed by atoms with Crippen LogP contribution in [-0.2, 0) is 0 Å². The number of amides is 1. The van der Waals surface area contributed by atoms with Gasteiger partial charge >= 0.3 is 6.09 Å². The molecule has 1 aromatic heterocycles. The zero-order valence-electron chi connectivity index (χ0n) is 13.1. The van der Waals surface area contributed by atoms with Crippen LogP contribution >= 0.6 is 0 Å². The predicted molar refractivity (Wildman–Crippen MR) is 84.6 cm³/mol. The van der Waals surface area contributed by atoms with Crippen molar-refractivity contribution in [3.05, 3.63) is 48.0 Å². The third-order valence-corrected chi connectivity index (χ3v) is 3.37. The number of rotatable bonds is 2. The fourth-order valence-electron chi connectivity index (χ4n) is 2.42. The van der Waals surface area contributed by atoms with Gasteiger partial charge in [-0.1, -0.05) is 6.07 Å². The standard InChI is InChI=1S/C17H19FN2O2/c1-11-13(6-5-9-19-11)14-8-7-12(10-15(14)18)20(16(21)22)17(2,3)4/h5-10H,1-4H3,(H,21,22). The number of aromatic nitrogens is 1. The fraction of sp³-hybridized carbons (Fsp3) is 0.294. The van der Waals surface area contributed by atoms with Crippen molar-refractivity contribution in [3.8, 4) is 11.1 Å². The van der Waals surface area contributed by atoms with Gasteiger partial charge in [0.1, 0.15) is 5.82 Å². The molecule has 0 saturated heterocycles. The second-order valence-corrected chi connectivity index (χ2v) is 6.09. The van der Waals surface area contributed by atoms with Gasteiger partial charge in [-0.25, -0.2) is 9.18 Å². The van der Waals surface area contributed by atoms with E-state index in [4.69, 9.17) is 0 Å². The smallest absolute Gasteiger partial charge is 0.412 e. The SMILES string of the molecule is Cc1ncccc1-c1ccc(N(C(=O)O)C(C)(C)C)cc1F. The molecule has 1 amide bonds. The molecule has 2 aromatic rings. The Morgan fingerprint density at radius 2 is 1.91 bits per heavy atom. The van der Waals surface area contributed by atoms with Crippen molar-refractivity contribution in [1.82, 2.24) is 4.98 Å². The number of hydrogen-bond donors (Lipinski definition) is 1. The predicted octanol–water partition coefficient (Wildman–Crippen LogP) is 4.48. The summed E-state index contributed by atoms with van der Waals surface area (Å²) in [7, 11) is 0. The van der Waals surface area contributed by atoms with E-state index < -0.39 is 17.4 Å². The summed E-state index contributed by atoms with van der Waals surface area (Å²) in [5.74, 6) is -0.468. The van der Waals surface area contributed by atoms with E-state index in [0.29, 0.717) is 16.8 Å². The second kappa shape index (κ2) is 5.75. The van der Waals surface area contributed by atoms with Gasteiger partial charge in [0.05, 0.1) is 5.69 Å². The first-order valence-electron chi connectivity index (χ1n) is 6.96. The Balaban J connectivity index is 2.51. The van der Waals surface area contributed by atoms with Crippen LogP contribution in [0.15, 0.2) is 36.5 Å². The summed E-state index contributed by atoms with van der Waals surface area (Å²) in [6.07, 6.45) is 0.536. The van der Waals surface area contributed by atoms with Crippen LogP contribution in [0.2, 0.25) is 0 Å². The van der Waals surface area contributed by atoms with Gasteiger partial charge in [-0.15, -0.1) is 0 Å². The summed E-state index contributed by atoms with van der Waals surface area (Å²) in [6, 6.07) is 8.00. The van der Waals surface area contributed by atoms with E-state index in [2.05, 4.69) is 4.98 Å². The number of benzene rings is 1. The first kappa shape index (κ1) is 15.9. The molecule has 0 bridgehead atoms. The van der Waals surface area contributed by atoms with Gasteiger partial charge in [-0.2, -0.15) is 0 Å². The lowest BCUT2D eigenvalue weighted by molar-refractivity contribution is 0.195. The summed E-state index contributed by atoms with van der Waals surface area (Å²) in [4.78, 5) is 16.8. The van der Waals surface area contributed by atoms with Gasteiger partial charge in [0.15, 0.2) is 0 Å². The number of anilines is 1. The van der Waals surface area contributed by atoms with Gasteiger partial charge in [0.2, 0.25) is 0 Å². The zero-order chi connectivity index (χ0) is 16.5. The number of carbonyl (C=O) groups is 1. The van der Waals surface area contributed by atoms with E-state index in [-0.39, 0.29) is 0 Å².